The molecule has 0 aliphatic carbocycles. The van der Waals surface area contributed by atoms with Gasteiger partial charge >= 0.3 is 0 Å². The third-order valence-corrected chi connectivity index (χ3v) is 4.80. The summed E-state index contributed by atoms with van der Waals surface area (Å²) in [5.41, 5.74) is 1.41. The zero-order chi connectivity index (χ0) is 17.8. The van der Waals surface area contributed by atoms with Crippen LogP contribution in [0.5, 0.6) is 0 Å². The van der Waals surface area contributed by atoms with Gasteiger partial charge in [0.1, 0.15) is 11.6 Å². The lowest BCUT2D eigenvalue weighted by atomic mass is 10.2. The minimum atomic E-state index is -0.297. The van der Waals surface area contributed by atoms with Gasteiger partial charge in [0, 0.05) is 13.1 Å². The van der Waals surface area contributed by atoms with Crippen LogP contribution in [0.2, 0.25) is 0 Å². The molecule has 3 aromatic rings. The maximum atomic E-state index is 13.3. The first-order valence-corrected chi connectivity index (χ1v) is 8.97. The maximum Gasteiger partial charge on any atom is 0.236 e. The number of aryl methyl sites for hydroxylation is 1. The summed E-state index contributed by atoms with van der Waals surface area (Å²) in [6, 6.07) is 10.2. The first-order valence-electron chi connectivity index (χ1n) is 8.09. The van der Waals surface area contributed by atoms with Gasteiger partial charge in [0.05, 0.1) is 17.0 Å². The second kappa shape index (κ2) is 7.61. The van der Waals surface area contributed by atoms with Crippen LogP contribution in [0.4, 0.5) is 4.39 Å². The summed E-state index contributed by atoms with van der Waals surface area (Å²) in [6.07, 6.45) is 0.171. The molecule has 0 atom stereocenters. The molecule has 0 saturated heterocycles. The van der Waals surface area contributed by atoms with E-state index in [1.165, 1.54) is 12.1 Å². The summed E-state index contributed by atoms with van der Waals surface area (Å²) >= 11 is 1.54. The van der Waals surface area contributed by atoms with Crippen LogP contribution >= 0.6 is 11.3 Å². The van der Waals surface area contributed by atoms with Crippen LogP contribution in [0, 0.1) is 12.7 Å². The average molecular weight is 358 g/mol. The summed E-state index contributed by atoms with van der Waals surface area (Å²) in [7, 11) is 0. The molecule has 0 N–H and O–H groups in total. The van der Waals surface area contributed by atoms with E-state index < -0.39 is 0 Å². The van der Waals surface area contributed by atoms with Crippen LogP contribution in [0.3, 0.4) is 0 Å². The Morgan fingerprint density at radius 3 is 2.84 bits per heavy atom. The molecule has 2 heterocycles. The van der Waals surface area contributed by atoms with E-state index in [1.54, 1.807) is 22.3 Å². The van der Waals surface area contributed by atoms with E-state index in [4.69, 9.17) is 4.42 Å². The normalized spacial score (nSPS) is 10.8. The molecule has 1 aromatic carbocycles. The number of benzene rings is 1. The van der Waals surface area contributed by atoms with Crippen molar-refractivity contribution in [3.05, 3.63) is 64.6 Å². The van der Waals surface area contributed by atoms with Crippen molar-refractivity contribution in [3.63, 3.8) is 0 Å². The Labute approximate surface area is 149 Å². The van der Waals surface area contributed by atoms with Crippen LogP contribution in [0.15, 0.2) is 46.2 Å². The zero-order valence-electron chi connectivity index (χ0n) is 14.2. The Balaban J connectivity index is 1.72. The lowest BCUT2D eigenvalue weighted by Gasteiger charge is -2.20. The second-order valence-corrected chi connectivity index (χ2v) is 6.66. The number of carbonyl (C=O) groups excluding carboxylic acids is 1. The first kappa shape index (κ1) is 17.4. The fourth-order valence-corrected chi connectivity index (χ4v) is 3.23. The van der Waals surface area contributed by atoms with E-state index >= 15 is 0 Å². The predicted molar refractivity (Wildman–Crippen MR) is 95.7 cm³/mol. The number of carbonyl (C=O) groups is 1. The second-order valence-electron chi connectivity index (χ2n) is 5.71. The number of hydrogen-bond acceptors (Lipinski definition) is 4. The maximum absolute atomic E-state index is 13.3. The van der Waals surface area contributed by atoms with Gasteiger partial charge in [-0.1, -0.05) is 18.2 Å². The molecule has 2 aromatic heterocycles. The molecule has 25 heavy (non-hydrogen) atoms. The smallest absolute Gasteiger partial charge is 0.236 e. The van der Waals surface area contributed by atoms with Gasteiger partial charge in [0.25, 0.3) is 0 Å². The van der Waals surface area contributed by atoms with Gasteiger partial charge in [0.15, 0.2) is 0 Å². The molecule has 1 amide bonds. The molecule has 0 spiro atoms. The number of hydrogen-bond donors (Lipinski definition) is 0. The van der Waals surface area contributed by atoms with E-state index in [-0.39, 0.29) is 18.1 Å². The third-order valence-electron chi connectivity index (χ3n) is 3.94. The molecular weight excluding hydrogens is 339 g/mol. The Bertz CT molecular complexity index is 858. The van der Waals surface area contributed by atoms with E-state index in [9.17, 15) is 9.18 Å². The number of rotatable bonds is 6. The molecule has 0 radical (unpaired) electrons. The fourth-order valence-electron chi connectivity index (χ4n) is 2.58. The molecule has 0 unspecified atom stereocenters. The van der Waals surface area contributed by atoms with Crippen molar-refractivity contribution in [2.24, 2.45) is 0 Å². The molecule has 0 bridgehead atoms. The third kappa shape index (κ3) is 4.14. The molecule has 6 heteroatoms. The number of thiophene rings is 1. The van der Waals surface area contributed by atoms with Gasteiger partial charge in [-0.15, -0.1) is 11.3 Å². The lowest BCUT2D eigenvalue weighted by Crippen LogP contribution is -2.31. The molecule has 0 fully saturated rings. The van der Waals surface area contributed by atoms with E-state index in [0.29, 0.717) is 30.4 Å². The minimum Gasteiger partial charge on any atom is -0.440 e. The number of likely N-dealkylation sites (N-methyl/N-ethyl adjacent to an activating group) is 1. The Kier molecular flexibility index (Phi) is 5.28. The SMILES string of the molecule is CCN(Cc1cccc(F)c1)C(=O)Cc1nc(-c2cccs2)oc1C. The Morgan fingerprint density at radius 2 is 2.16 bits per heavy atom. The monoisotopic (exact) mass is 358 g/mol. The highest BCUT2D eigenvalue weighted by molar-refractivity contribution is 7.13. The van der Waals surface area contributed by atoms with Gasteiger partial charge in [0.2, 0.25) is 11.8 Å². The number of aromatic nitrogens is 1. The fraction of sp³-hybridized carbons (Fsp3) is 0.263. The van der Waals surface area contributed by atoms with Crippen LogP contribution in [0.25, 0.3) is 10.8 Å². The average Bonchev–Trinajstić information content (AvgIpc) is 3.23. The predicted octanol–water partition coefficient (Wildman–Crippen LogP) is 4.44. The minimum absolute atomic E-state index is 0.0547. The Hall–Kier alpha value is -2.47. The van der Waals surface area contributed by atoms with Crippen LogP contribution in [-0.4, -0.2) is 22.3 Å². The molecule has 4 nitrogen and oxygen atoms in total. The van der Waals surface area contributed by atoms with E-state index in [0.717, 1.165) is 10.4 Å². The number of halogens is 1. The van der Waals surface area contributed by atoms with Crippen molar-refractivity contribution in [2.45, 2.75) is 26.8 Å². The van der Waals surface area contributed by atoms with Crippen molar-refractivity contribution in [1.82, 2.24) is 9.88 Å². The number of amides is 1. The zero-order valence-corrected chi connectivity index (χ0v) is 15.0. The van der Waals surface area contributed by atoms with Crippen molar-refractivity contribution >= 4 is 17.2 Å². The van der Waals surface area contributed by atoms with Crippen LogP contribution in [-0.2, 0) is 17.8 Å². The first-order chi connectivity index (χ1) is 12.1. The lowest BCUT2D eigenvalue weighted by molar-refractivity contribution is -0.130. The summed E-state index contributed by atoms with van der Waals surface area (Å²) in [5, 5.41) is 1.96. The van der Waals surface area contributed by atoms with Crippen LogP contribution < -0.4 is 0 Å². The number of oxazole rings is 1. The molecule has 0 saturated carbocycles. The van der Waals surface area contributed by atoms with Gasteiger partial charge in [-0.05, 0) is 43.0 Å². The van der Waals surface area contributed by atoms with Crippen molar-refractivity contribution in [3.8, 4) is 10.8 Å². The highest BCUT2D eigenvalue weighted by atomic mass is 32.1. The highest BCUT2D eigenvalue weighted by Gasteiger charge is 2.19. The van der Waals surface area contributed by atoms with Crippen LogP contribution in [0.1, 0.15) is 23.9 Å². The van der Waals surface area contributed by atoms with Gasteiger partial charge in [-0.2, -0.15) is 0 Å². The highest BCUT2D eigenvalue weighted by Crippen LogP contribution is 2.26. The summed E-state index contributed by atoms with van der Waals surface area (Å²) in [6.45, 7) is 4.64. The quantitative estimate of drug-likeness (QED) is 0.654. The molecule has 0 aliphatic heterocycles. The largest absolute Gasteiger partial charge is 0.440 e. The topological polar surface area (TPSA) is 46.3 Å². The van der Waals surface area contributed by atoms with E-state index in [2.05, 4.69) is 4.98 Å². The Morgan fingerprint density at radius 1 is 1.32 bits per heavy atom. The van der Waals surface area contributed by atoms with Gasteiger partial charge in [-0.25, -0.2) is 9.37 Å². The summed E-state index contributed by atoms with van der Waals surface area (Å²) < 4.78 is 19.0. The van der Waals surface area contributed by atoms with Crippen molar-refractivity contribution in [2.75, 3.05) is 6.54 Å². The van der Waals surface area contributed by atoms with Gasteiger partial charge in [-0.3, -0.25) is 4.79 Å². The molecule has 130 valence electrons. The summed E-state index contributed by atoms with van der Waals surface area (Å²) in [5.74, 6) is 0.844. The molecule has 3 rings (SSSR count). The molecular formula is C19H19FN2O2S. The molecule has 0 aliphatic rings. The standard InChI is InChI=1S/C19H19FN2O2S/c1-3-22(12-14-6-4-7-15(20)10-14)18(23)11-16-13(2)24-19(21-16)17-8-5-9-25-17/h4-10H,3,11-12H2,1-2H3. The van der Waals surface area contributed by atoms with E-state index in [1.807, 2.05) is 37.4 Å². The van der Waals surface area contributed by atoms with Gasteiger partial charge < -0.3 is 9.32 Å². The van der Waals surface area contributed by atoms with Crippen molar-refractivity contribution in [1.29, 1.82) is 0 Å². The summed E-state index contributed by atoms with van der Waals surface area (Å²) in [4.78, 5) is 19.7. The van der Waals surface area contributed by atoms with Crippen molar-refractivity contribution < 1.29 is 13.6 Å². The number of nitrogens with zero attached hydrogens (tertiary/aromatic N) is 2.